The Morgan fingerprint density at radius 1 is 0.673 bits per heavy atom. The molecule has 6 nitrogen and oxygen atoms in total. The van der Waals surface area contributed by atoms with Crippen LogP contribution in [0.3, 0.4) is 0 Å². The summed E-state index contributed by atoms with van der Waals surface area (Å²) in [6, 6.07) is 47.5. The Labute approximate surface area is 301 Å². The number of hydrogen-bond donors (Lipinski definition) is 0. The van der Waals surface area contributed by atoms with E-state index in [-0.39, 0.29) is 5.82 Å². The van der Waals surface area contributed by atoms with Gasteiger partial charge in [-0.2, -0.15) is 0 Å². The van der Waals surface area contributed by atoms with Crippen LogP contribution < -0.4 is 14.5 Å². The predicted octanol–water partition coefficient (Wildman–Crippen LogP) is 12.1. The maximum atomic E-state index is 14.4. The van der Waals surface area contributed by atoms with Crippen LogP contribution in [0.4, 0.5) is 32.8 Å². The summed E-state index contributed by atoms with van der Waals surface area (Å²) in [6.45, 7) is 10.1. The van der Waals surface area contributed by atoms with Crippen molar-refractivity contribution in [2.75, 3.05) is 16.5 Å². The van der Waals surface area contributed by atoms with E-state index in [1.54, 1.807) is 12.1 Å². The fourth-order valence-electron chi connectivity index (χ4n) is 7.19. The topological polar surface area (TPSA) is 37.9 Å². The van der Waals surface area contributed by atoms with E-state index >= 15 is 0 Å². The van der Waals surface area contributed by atoms with Crippen molar-refractivity contribution in [2.24, 2.45) is 0 Å². The van der Waals surface area contributed by atoms with Crippen molar-refractivity contribution in [3.8, 4) is 28.4 Å². The Balaban J connectivity index is 1.17. The highest BCUT2D eigenvalue weighted by molar-refractivity contribution is 6.09. The first-order valence-electron chi connectivity index (χ1n) is 17.3. The molecule has 250 valence electrons. The Bertz CT molecular complexity index is 2680. The van der Waals surface area contributed by atoms with Crippen LogP contribution >= 0.6 is 0 Å². The number of anilines is 4. The second-order valence-corrected chi connectivity index (χ2v) is 12.8. The molecule has 0 radical (unpaired) electrons. The minimum atomic E-state index is -0.279. The van der Waals surface area contributed by atoms with Crippen LogP contribution in [0.15, 0.2) is 152 Å². The first-order chi connectivity index (χ1) is 25.6. The zero-order valence-corrected chi connectivity index (χ0v) is 28.4. The van der Waals surface area contributed by atoms with Crippen molar-refractivity contribution in [3.63, 3.8) is 0 Å². The molecule has 8 aromatic rings. The molecule has 0 atom stereocenters. The molecule has 1 aliphatic heterocycles. The zero-order valence-electron chi connectivity index (χ0n) is 28.4. The van der Waals surface area contributed by atoms with Crippen molar-refractivity contribution in [1.82, 2.24) is 9.55 Å². The van der Waals surface area contributed by atoms with Gasteiger partial charge in [-0.1, -0.05) is 67.6 Å². The third-order valence-electron chi connectivity index (χ3n) is 9.73. The Kier molecular flexibility index (Phi) is 7.63. The normalized spacial score (nSPS) is 12.3. The van der Waals surface area contributed by atoms with Crippen LogP contribution in [0.2, 0.25) is 0 Å². The van der Waals surface area contributed by atoms with E-state index in [4.69, 9.17) is 16.3 Å². The molecule has 6 aromatic carbocycles. The average molecular weight is 678 g/mol. The van der Waals surface area contributed by atoms with Gasteiger partial charge in [0.2, 0.25) is 0 Å². The van der Waals surface area contributed by atoms with Crippen LogP contribution in [-0.4, -0.2) is 16.2 Å². The Morgan fingerprint density at radius 3 is 2.23 bits per heavy atom. The van der Waals surface area contributed by atoms with E-state index in [2.05, 4.69) is 98.9 Å². The van der Waals surface area contributed by atoms with E-state index < -0.39 is 0 Å². The molecule has 0 saturated carbocycles. The van der Waals surface area contributed by atoms with Crippen LogP contribution in [0.1, 0.15) is 12.5 Å². The molecule has 0 fully saturated rings. The number of aromatic nitrogens is 2. The minimum Gasteiger partial charge on any atom is -0.457 e. The van der Waals surface area contributed by atoms with Gasteiger partial charge in [0, 0.05) is 40.5 Å². The van der Waals surface area contributed by atoms with E-state index in [9.17, 15) is 4.39 Å². The molecule has 0 unspecified atom stereocenters. The standard InChI is InChI=1S/C45H32FN5O/c1-3-30-21-22-48-45(23-30)51-41-12-5-4-11-39(41)40-20-19-37(28-44(40)51)52-38-25-32(31-15-17-34(47-2)18-16-31)24-36(27-38)50-29-49(35-10-8-9-33(46)26-35)42-13-6-7-14-43(42)50/h4-28H,3,29H2,1H3. The SMILES string of the molecule is [C-]#[N+]c1ccc(-c2cc(Oc3ccc4c5ccccc5n(-c5cc(CC)ccn5)c4c3)cc(N3CN(c4cccc(F)c4)c4ccccc43)c2)cc1. The second-order valence-electron chi connectivity index (χ2n) is 12.8. The van der Waals surface area contributed by atoms with Crippen molar-refractivity contribution >= 4 is 50.2 Å². The van der Waals surface area contributed by atoms with Gasteiger partial charge >= 0.3 is 0 Å². The monoisotopic (exact) mass is 677 g/mol. The van der Waals surface area contributed by atoms with Crippen LogP contribution in [-0.2, 0) is 6.42 Å². The summed E-state index contributed by atoms with van der Waals surface area (Å²) < 4.78 is 23.4. The molecule has 1 aliphatic rings. The molecule has 0 amide bonds. The van der Waals surface area contributed by atoms with Gasteiger partial charge in [-0.3, -0.25) is 4.57 Å². The van der Waals surface area contributed by atoms with Crippen molar-refractivity contribution < 1.29 is 9.13 Å². The molecule has 9 rings (SSSR count). The number of para-hydroxylation sites is 3. The quantitative estimate of drug-likeness (QED) is 0.157. The van der Waals surface area contributed by atoms with Crippen LogP contribution in [0.25, 0.3) is 43.6 Å². The lowest BCUT2D eigenvalue weighted by Gasteiger charge is -2.23. The van der Waals surface area contributed by atoms with Gasteiger partial charge in [-0.05, 0) is 95.9 Å². The van der Waals surface area contributed by atoms with E-state index in [0.717, 1.165) is 67.9 Å². The number of ether oxygens (including phenoxy) is 1. The van der Waals surface area contributed by atoms with Gasteiger partial charge in [-0.15, -0.1) is 0 Å². The summed E-state index contributed by atoms with van der Waals surface area (Å²) in [5, 5.41) is 2.27. The first kappa shape index (κ1) is 31.1. The number of hydrogen-bond acceptors (Lipinski definition) is 4. The van der Waals surface area contributed by atoms with E-state index in [1.165, 1.54) is 11.6 Å². The van der Waals surface area contributed by atoms with Gasteiger partial charge in [0.15, 0.2) is 5.69 Å². The maximum Gasteiger partial charge on any atom is 0.187 e. The summed E-state index contributed by atoms with van der Waals surface area (Å²) in [4.78, 5) is 12.7. The molecule has 2 aromatic heterocycles. The summed E-state index contributed by atoms with van der Waals surface area (Å²) in [7, 11) is 0. The Morgan fingerprint density at radius 2 is 1.44 bits per heavy atom. The highest BCUT2D eigenvalue weighted by atomic mass is 19.1. The fraction of sp³-hybridized carbons (Fsp3) is 0.0667. The number of aryl methyl sites for hydroxylation is 1. The summed E-state index contributed by atoms with van der Waals surface area (Å²) in [6.07, 6.45) is 2.79. The molecule has 0 saturated heterocycles. The number of benzene rings is 6. The van der Waals surface area contributed by atoms with Crippen molar-refractivity contribution in [2.45, 2.75) is 13.3 Å². The molecular formula is C45H32FN5O. The highest BCUT2D eigenvalue weighted by Crippen LogP contribution is 2.46. The lowest BCUT2D eigenvalue weighted by Crippen LogP contribution is -2.24. The van der Waals surface area contributed by atoms with Crippen molar-refractivity contribution in [1.29, 1.82) is 0 Å². The third kappa shape index (κ3) is 5.47. The number of nitrogens with zero attached hydrogens (tertiary/aromatic N) is 5. The van der Waals surface area contributed by atoms with E-state index in [1.807, 2.05) is 60.8 Å². The first-order valence-corrected chi connectivity index (χ1v) is 17.3. The molecular weight excluding hydrogens is 646 g/mol. The number of rotatable bonds is 7. The molecule has 0 aliphatic carbocycles. The summed E-state index contributed by atoms with van der Waals surface area (Å²) in [5.41, 5.74) is 9.49. The van der Waals surface area contributed by atoms with Crippen molar-refractivity contribution in [3.05, 3.63) is 175 Å². The Hall–Kier alpha value is -6.91. The minimum absolute atomic E-state index is 0.279. The predicted molar refractivity (Wildman–Crippen MR) is 208 cm³/mol. The number of pyridine rings is 1. The average Bonchev–Trinajstić information content (AvgIpc) is 3.74. The van der Waals surface area contributed by atoms with Crippen LogP contribution in [0, 0.1) is 12.4 Å². The maximum absolute atomic E-state index is 14.4. The molecule has 0 bridgehead atoms. The van der Waals surface area contributed by atoms with Gasteiger partial charge in [0.25, 0.3) is 0 Å². The smallest absolute Gasteiger partial charge is 0.187 e. The van der Waals surface area contributed by atoms with Crippen LogP contribution in [0.5, 0.6) is 11.5 Å². The lowest BCUT2D eigenvalue weighted by molar-refractivity contribution is 0.483. The number of fused-ring (bicyclic) bond motifs is 4. The summed E-state index contributed by atoms with van der Waals surface area (Å²) >= 11 is 0. The van der Waals surface area contributed by atoms with Gasteiger partial charge in [0.05, 0.1) is 29.0 Å². The third-order valence-corrected chi connectivity index (χ3v) is 9.73. The summed E-state index contributed by atoms with van der Waals surface area (Å²) in [5.74, 6) is 1.94. The second kappa shape index (κ2) is 12.8. The van der Waals surface area contributed by atoms with Gasteiger partial charge in [-0.25, -0.2) is 14.2 Å². The molecule has 3 heterocycles. The van der Waals surface area contributed by atoms with Gasteiger partial charge in [0.1, 0.15) is 29.8 Å². The fourth-order valence-corrected chi connectivity index (χ4v) is 7.19. The number of halogens is 1. The molecule has 0 N–H and O–H groups in total. The molecule has 7 heteroatoms. The largest absolute Gasteiger partial charge is 0.457 e. The van der Waals surface area contributed by atoms with Gasteiger partial charge < -0.3 is 14.5 Å². The molecule has 52 heavy (non-hydrogen) atoms. The highest BCUT2D eigenvalue weighted by Gasteiger charge is 2.28. The van der Waals surface area contributed by atoms with E-state index in [0.29, 0.717) is 23.9 Å². The zero-order chi connectivity index (χ0) is 35.2. The molecule has 0 spiro atoms. The lowest BCUT2D eigenvalue weighted by atomic mass is 10.0.